The Hall–Kier alpha value is -5.12. The first-order valence-electron chi connectivity index (χ1n) is 15.0. The molecule has 0 aromatic heterocycles. The number of hydrogen-bond acceptors (Lipinski definition) is 11. The summed E-state index contributed by atoms with van der Waals surface area (Å²) in [6, 6.07) is 20.3. The zero-order valence-corrected chi connectivity index (χ0v) is 27.7. The van der Waals surface area contributed by atoms with Gasteiger partial charge in [0, 0.05) is 30.9 Å². The summed E-state index contributed by atoms with van der Waals surface area (Å²) in [6.45, 7) is 2.07. The number of halogens is 4. The van der Waals surface area contributed by atoms with Gasteiger partial charge in [-0.3, -0.25) is 10.1 Å². The van der Waals surface area contributed by atoms with Crippen molar-refractivity contribution in [2.24, 2.45) is 0 Å². The Morgan fingerprint density at radius 2 is 1.66 bits per heavy atom. The minimum Gasteiger partial charge on any atom is -0.492 e. The van der Waals surface area contributed by atoms with Crippen LogP contribution in [0.2, 0.25) is 0 Å². The molecule has 1 aliphatic heterocycles. The van der Waals surface area contributed by atoms with Gasteiger partial charge in [-0.1, -0.05) is 42.5 Å². The van der Waals surface area contributed by atoms with Crippen LogP contribution in [-0.2, 0) is 25.7 Å². The summed E-state index contributed by atoms with van der Waals surface area (Å²) in [5, 5.41) is 26.7. The molecule has 3 aromatic rings. The number of hydrogen-bond donors (Lipinski definition) is 3. The summed E-state index contributed by atoms with van der Waals surface area (Å²) in [6.07, 6.45) is -5.78. The molecule has 0 radical (unpaired) electrons. The minimum absolute atomic E-state index is 0. The van der Waals surface area contributed by atoms with E-state index in [9.17, 15) is 38.0 Å². The number of alkyl halides is 3. The zero-order valence-electron chi connectivity index (χ0n) is 26.9. The Balaban J connectivity index is 0.00000676. The van der Waals surface area contributed by atoms with Crippen LogP contribution in [0.1, 0.15) is 24.0 Å². The number of benzene rings is 3. The molecule has 1 heterocycles. The molecule has 0 saturated carbocycles. The molecule has 0 aliphatic carbocycles. The van der Waals surface area contributed by atoms with Crippen LogP contribution in [0.4, 0.5) is 18.9 Å². The maximum Gasteiger partial charge on any atom is 0.431 e. The molecule has 0 saturated heterocycles. The van der Waals surface area contributed by atoms with Crippen molar-refractivity contribution in [2.75, 3.05) is 33.4 Å². The van der Waals surface area contributed by atoms with Gasteiger partial charge < -0.3 is 34.7 Å². The molecular formula is C34H35ClF3N3O9. The second-order valence-electron chi connectivity index (χ2n) is 10.8. The highest BCUT2D eigenvalue weighted by Gasteiger charge is 2.47. The highest BCUT2D eigenvalue weighted by Crippen LogP contribution is 2.44. The maximum atomic E-state index is 14.1. The Labute approximate surface area is 291 Å². The average molecular weight is 722 g/mol. The summed E-state index contributed by atoms with van der Waals surface area (Å²) in [5.41, 5.74) is -3.05. The number of carbonyl (C=O) groups excluding carboxylic acids is 2. The number of aliphatic hydroxyl groups excluding tert-OH is 1. The highest BCUT2D eigenvalue weighted by molar-refractivity contribution is 6.00. The van der Waals surface area contributed by atoms with Gasteiger partial charge in [0.25, 0.3) is 5.69 Å². The highest BCUT2D eigenvalue weighted by atomic mass is 35.5. The van der Waals surface area contributed by atoms with Crippen molar-refractivity contribution in [3.8, 4) is 11.5 Å². The Bertz CT molecular complexity index is 1700. The Kier molecular flexibility index (Phi) is 14.2. The fourth-order valence-electron chi connectivity index (χ4n) is 4.99. The second kappa shape index (κ2) is 18.0. The maximum absolute atomic E-state index is 14.1. The molecular weight excluding hydrogens is 687 g/mol. The number of para-hydroxylation sites is 1. The predicted molar refractivity (Wildman–Crippen MR) is 177 cm³/mol. The number of nitro benzene ring substituents is 1. The number of rotatable bonds is 15. The lowest BCUT2D eigenvalue weighted by Crippen LogP contribution is -2.38. The Morgan fingerprint density at radius 1 is 0.980 bits per heavy atom. The van der Waals surface area contributed by atoms with E-state index in [1.54, 1.807) is 36.4 Å². The van der Waals surface area contributed by atoms with E-state index in [0.717, 1.165) is 19.2 Å². The number of nitrogens with one attached hydrogen (secondary N) is 2. The first-order valence-corrected chi connectivity index (χ1v) is 15.0. The van der Waals surface area contributed by atoms with Gasteiger partial charge in [0.2, 0.25) is 0 Å². The largest absolute Gasteiger partial charge is 0.492 e. The first-order chi connectivity index (χ1) is 23.4. The molecule has 0 bridgehead atoms. The topological polar surface area (TPSA) is 158 Å². The number of dihydropyridines is 1. The Morgan fingerprint density at radius 3 is 2.30 bits per heavy atom. The number of non-ortho nitro benzene ring substituents is 1. The molecule has 268 valence electrons. The van der Waals surface area contributed by atoms with E-state index in [1.165, 1.54) is 19.1 Å². The summed E-state index contributed by atoms with van der Waals surface area (Å²) < 4.78 is 63.7. The quantitative estimate of drug-likeness (QED) is 0.0828. The van der Waals surface area contributed by atoms with Crippen LogP contribution >= 0.6 is 12.4 Å². The van der Waals surface area contributed by atoms with E-state index in [-0.39, 0.29) is 49.1 Å². The van der Waals surface area contributed by atoms with Crippen LogP contribution in [0.5, 0.6) is 11.5 Å². The zero-order chi connectivity index (χ0) is 35.6. The van der Waals surface area contributed by atoms with Gasteiger partial charge >= 0.3 is 18.1 Å². The monoisotopic (exact) mass is 721 g/mol. The molecule has 4 rings (SSSR count). The van der Waals surface area contributed by atoms with Crippen molar-refractivity contribution < 1.29 is 51.7 Å². The molecule has 12 nitrogen and oxygen atoms in total. The van der Waals surface area contributed by atoms with E-state index < -0.39 is 52.0 Å². The number of nitro groups is 1. The number of ether oxygens (including phenoxy) is 4. The molecule has 1 aliphatic rings. The summed E-state index contributed by atoms with van der Waals surface area (Å²) >= 11 is 0. The van der Waals surface area contributed by atoms with Crippen molar-refractivity contribution in [2.45, 2.75) is 31.7 Å². The summed E-state index contributed by atoms with van der Waals surface area (Å²) in [7, 11) is 0.884. The second-order valence-corrected chi connectivity index (χ2v) is 10.8. The molecule has 0 spiro atoms. The summed E-state index contributed by atoms with van der Waals surface area (Å²) in [4.78, 5) is 36.9. The lowest BCUT2D eigenvalue weighted by molar-refractivity contribution is -0.384. The lowest BCUT2D eigenvalue weighted by atomic mass is 9.80. The van der Waals surface area contributed by atoms with Gasteiger partial charge in [0.05, 0.1) is 29.1 Å². The van der Waals surface area contributed by atoms with Crippen molar-refractivity contribution >= 4 is 30.0 Å². The molecule has 50 heavy (non-hydrogen) atoms. The molecule has 16 heteroatoms. The van der Waals surface area contributed by atoms with Crippen molar-refractivity contribution in [1.82, 2.24) is 10.6 Å². The number of allylic oxidation sites excluding steroid dienone is 2. The van der Waals surface area contributed by atoms with E-state index in [4.69, 9.17) is 14.2 Å². The smallest absolute Gasteiger partial charge is 0.431 e. The molecule has 3 aromatic carbocycles. The van der Waals surface area contributed by atoms with E-state index in [2.05, 4.69) is 15.4 Å². The number of carbonyl (C=O) groups is 2. The van der Waals surface area contributed by atoms with Gasteiger partial charge in [0.15, 0.2) is 0 Å². The van der Waals surface area contributed by atoms with Crippen molar-refractivity contribution in [3.05, 3.63) is 123 Å². The average Bonchev–Trinajstić information content (AvgIpc) is 3.09. The summed E-state index contributed by atoms with van der Waals surface area (Å²) in [5.74, 6) is -2.95. The van der Waals surface area contributed by atoms with E-state index >= 15 is 0 Å². The fourth-order valence-corrected chi connectivity index (χ4v) is 4.99. The lowest BCUT2D eigenvalue weighted by Gasteiger charge is -2.31. The number of methoxy groups -OCH3 is 1. The van der Waals surface area contributed by atoms with Gasteiger partial charge in [-0.25, -0.2) is 9.59 Å². The minimum atomic E-state index is -5.06. The normalized spacial score (nSPS) is 15.0. The van der Waals surface area contributed by atoms with Crippen molar-refractivity contribution in [3.63, 3.8) is 0 Å². The molecule has 0 amide bonds. The van der Waals surface area contributed by atoms with E-state index in [1.807, 2.05) is 18.2 Å². The van der Waals surface area contributed by atoms with Gasteiger partial charge in [-0.2, -0.15) is 13.2 Å². The van der Waals surface area contributed by atoms with Crippen molar-refractivity contribution in [1.29, 1.82) is 0 Å². The van der Waals surface area contributed by atoms with Crippen LogP contribution < -0.4 is 20.1 Å². The standard InChI is InChI=1S/C34H34F3N3O9.ClH/c1-21-28(29(23-7-6-8-24(17-23)40(44)45)30(32(42)46-2)31(39-21)34(35,36)37)33(43)49-19-22-11-13-27(14-12-22)47-16-15-38-18-25(41)20-48-26-9-4-3-5-10-26;/h3-14,17,25,29,38-39,41H,15-16,18-20H2,1-2H3;1H. The molecule has 2 atom stereocenters. The van der Waals surface area contributed by atoms with Crippen LogP contribution in [0.25, 0.3) is 0 Å². The van der Waals surface area contributed by atoms with E-state index in [0.29, 0.717) is 30.2 Å². The molecule has 2 unspecified atom stereocenters. The fraction of sp³-hybridized carbons (Fsp3) is 0.294. The van der Waals surface area contributed by atoms with Crippen LogP contribution in [0.3, 0.4) is 0 Å². The third-order valence-corrected chi connectivity index (χ3v) is 7.29. The third kappa shape index (κ3) is 10.4. The number of aliphatic hydroxyl groups is 1. The van der Waals surface area contributed by atoms with Gasteiger partial charge in [-0.05, 0) is 42.3 Å². The van der Waals surface area contributed by atoms with Gasteiger partial charge in [0.1, 0.15) is 43.1 Å². The molecule has 0 fully saturated rings. The predicted octanol–water partition coefficient (Wildman–Crippen LogP) is 5.12. The number of esters is 2. The van der Waals surface area contributed by atoms with Crippen LogP contribution in [0.15, 0.2) is 101 Å². The molecule has 3 N–H and O–H groups in total. The number of nitrogens with zero attached hydrogens (tertiary/aromatic N) is 1. The van der Waals surface area contributed by atoms with Gasteiger partial charge in [-0.15, -0.1) is 12.4 Å². The van der Waals surface area contributed by atoms with Crippen LogP contribution in [0, 0.1) is 10.1 Å². The van der Waals surface area contributed by atoms with Crippen LogP contribution in [-0.4, -0.2) is 67.7 Å². The first kappa shape index (κ1) is 39.3. The third-order valence-electron chi connectivity index (χ3n) is 7.29. The SMILES string of the molecule is COC(=O)C1=C(C(F)(F)F)NC(C)=C(C(=O)OCc2ccc(OCCNCC(O)COc3ccccc3)cc2)C1c1cccc([N+](=O)[O-])c1.Cl.